The van der Waals surface area contributed by atoms with Gasteiger partial charge in [0.15, 0.2) is 0 Å². The quantitative estimate of drug-likeness (QED) is 0.887. The van der Waals surface area contributed by atoms with Gasteiger partial charge in [0.25, 0.3) is 0 Å². The maximum Gasteiger partial charge on any atom is 0.238 e. The van der Waals surface area contributed by atoms with Crippen LogP contribution in [-0.2, 0) is 4.79 Å². The third-order valence-corrected chi connectivity index (χ3v) is 3.67. The smallest absolute Gasteiger partial charge is 0.238 e. The lowest BCUT2D eigenvalue weighted by Crippen LogP contribution is -2.48. The molecule has 1 saturated heterocycles. The maximum absolute atomic E-state index is 13.5. The van der Waals surface area contributed by atoms with Gasteiger partial charge in [0.05, 0.1) is 17.8 Å². The van der Waals surface area contributed by atoms with Gasteiger partial charge in [-0.1, -0.05) is 12.1 Å². The second kappa shape index (κ2) is 5.89. The lowest BCUT2D eigenvalue weighted by molar-refractivity contribution is -0.118. The molecule has 0 unspecified atom stereocenters. The van der Waals surface area contributed by atoms with E-state index in [1.54, 1.807) is 26.0 Å². The van der Waals surface area contributed by atoms with Crippen LogP contribution in [0.25, 0.3) is 0 Å². The third-order valence-electron chi connectivity index (χ3n) is 3.67. The van der Waals surface area contributed by atoms with Crippen LogP contribution in [0.5, 0.6) is 0 Å². The minimum atomic E-state index is -0.839. The van der Waals surface area contributed by atoms with Crippen molar-refractivity contribution in [1.82, 2.24) is 4.90 Å². The van der Waals surface area contributed by atoms with E-state index in [1.165, 1.54) is 12.1 Å². The van der Waals surface area contributed by atoms with Crippen LogP contribution in [0.4, 0.5) is 10.1 Å². The molecule has 1 aromatic rings. The molecule has 0 saturated carbocycles. The number of hydrogen-bond donors (Lipinski definition) is 2. The molecule has 110 valence electrons. The van der Waals surface area contributed by atoms with Crippen molar-refractivity contribution in [2.75, 3.05) is 18.4 Å². The van der Waals surface area contributed by atoms with E-state index in [0.717, 1.165) is 19.4 Å². The molecule has 20 heavy (non-hydrogen) atoms. The topological polar surface area (TPSA) is 52.6 Å². The van der Waals surface area contributed by atoms with Gasteiger partial charge in [-0.3, -0.25) is 9.69 Å². The summed E-state index contributed by atoms with van der Waals surface area (Å²) in [5.41, 5.74) is -0.647. The minimum Gasteiger partial charge on any atom is -0.389 e. The van der Waals surface area contributed by atoms with Crippen LogP contribution in [-0.4, -0.2) is 40.6 Å². The highest BCUT2D eigenvalue weighted by molar-refractivity contribution is 5.92. The fourth-order valence-corrected chi connectivity index (χ4v) is 2.75. The molecule has 0 aliphatic carbocycles. The Hall–Kier alpha value is -1.46. The molecule has 1 heterocycles. The van der Waals surface area contributed by atoms with E-state index < -0.39 is 11.4 Å². The largest absolute Gasteiger partial charge is 0.389 e. The highest BCUT2D eigenvalue weighted by Crippen LogP contribution is 2.26. The monoisotopic (exact) mass is 280 g/mol. The number of benzene rings is 1. The second-order valence-corrected chi connectivity index (χ2v) is 5.81. The molecule has 5 heteroatoms. The first-order valence-electron chi connectivity index (χ1n) is 6.89. The Bertz CT molecular complexity index is 485. The molecule has 1 aliphatic rings. The highest BCUT2D eigenvalue weighted by atomic mass is 19.1. The van der Waals surface area contributed by atoms with Crippen molar-refractivity contribution in [1.29, 1.82) is 0 Å². The number of anilines is 1. The highest BCUT2D eigenvalue weighted by Gasteiger charge is 2.36. The first kappa shape index (κ1) is 14.9. The number of likely N-dealkylation sites (tertiary alicyclic amines) is 1. The summed E-state index contributed by atoms with van der Waals surface area (Å²) in [7, 11) is 0. The normalized spacial score (nSPS) is 20.1. The summed E-state index contributed by atoms with van der Waals surface area (Å²) in [5, 5.41) is 12.7. The molecule has 2 rings (SSSR count). The second-order valence-electron chi connectivity index (χ2n) is 5.81. The Morgan fingerprint density at radius 1 is 1.50 bits per heavy atom. The van der Waals surface area contributed by atoms with E-state index >= 15 is 0 Å². The molecular formula is C15H21FN2O2. The van der Waals surface area contributed by atoms with Crippen molar-refractivity contribution < 1.29 is 14.3 Å². The van der Waals surface area contributed by atoms with Gasteiger partial charge < -0.3 is 10.4 Å². The van der Waals surface area contributed by atoms with Crippen LogP contribution < -0.4 is 5.32 Å². The summed E-state index contributed by atoms with van der Waals surface area (Å²) in [5.74, 6) is -0.701. The molecule has 0 bridgehead atoms. The van der Waals surface area contributed by atoms with Crippen LogP contribution in [0.1, 0.15) is 26.7 Å². The van der Waals surface area contributed by atoms with Gasteiger partial charge in [0.2, 0.25) is 5.91 Å². The number of nitrogens with zero attached hydrogens (tertiary/aromatic N) is 1. The number of aliphatic hydroxyl groups is 1. The van der Waals surface area contributed by atoms with Gasteiger partial charge in [-0.15, -0.1) is 0 Å². The number of nitrogens with one attached hydrogen (secondary N) is 1. The third kappa shape index (κ3) is 3.55. The van der Waals surface area contributed by atoms with E-state index in [4.69, 9.17) is 0 Å². The summed E-state index contributed by atoms with van der Waals surface area (Å²) < 4.78 is 13.5. The molecule has 1 amide bonds. The number of carbonyl (C=O) groups is 1. The van der Waals surface area contributed by atoms with Gasteiger partial charge in [-0.05, 0) is 45.4 Å². The molecule has 1 fully saturated rings. The molecule has 1 aromatic carbocycles. The predicted molar refractivity (Wildman–Crippen MR) is 75.9 cm³/mol. The van der Waals surface area contributed by atoms with Crippen LogP contribution in [0, 0.1) is 5.82 Å². The summed E-state index contributed by atoms with van der Waals surface area (Å²) in [6, 6.07) is 6.06. The summed E-state index contributed by atoms with van der Waals surface area (Å²) in [6.07, 6.45) is 1.83. The molecule has 4 nitrogen and oxygen atoms in total. The molecule has 0 aromatic heterocycles. The summed E-state index contributed by atoms with van der Waals surface area (Å²) in [6.45, 7) is 4.46. The zero-order chi connectivity index (χ0) is 14.8. The molecule has 1 aliphatic heterocycles. The first-order chi connectivity index (χ1) is 9.38. The van der Waals surface area contributed by atoms with E-state index in [0.29, 0.717) is 0 Å². The molecular weight excluding hydrogens is 259 g/mol. The molecule has 0 spiro atoms. The average molecular weight is 280 g/mol. The van der Waals surface area contributed by atoms with Crippen molar-refractivity contribution in [3.63, 3.8) is 0 Å². The van der Waals surface area contributed by atoms with Crippen molar-refractivity contribution in [3.8, 4) is 0 Å². The van der Waals surface area contributed by atoms with Gasteiger partial charge in [0, 0.05) is 6.04 Å². The van der Waals surface area contributed by atoms with E-state index in [9.17, 15) is 14.3 Å². The Balaban J connectivity index is 1.96. The number of hydrogen-bond acceptors (Lipinski definition) is 3. The van der Waals surface area contributed by atoms with E-state index in [-0.39, 0.29) is 24.2 Å². The standard InChI is InChI=1S/C15H21FN2O2/c1-15(2,20)13-8-5-9-18(13)10-14(19)17-12-7-4-3-6-11(12)16/h3-4,6-7,13,20H,5,8-10H2,1-2H3,(H,17,19)/t13-/m1/s1. The first-order valence-corrected chi connectivity index (χ1v) is 6.89. The van der Waals surface area contributed by atoms with E-state index in [1.807, 2.05) is 4.90 Å². The number of rotatable bonds is 4. The molecule has 2 N–H and O–H groups in total. The van der Waals surface area contributed by atoms with Gasteiger partial charge in [-0.25, -0.2) is 4.39 Å². The average Bonchev–Trinajstić information content (AvgIpc) is 2.80. The summed E-state index contributed by atoms with van der Waals surface area (Å²) >= 11 is 0. The van der Waals surface area contributed by atoms with Gasteiger partial charge in [0.1, 0.15) is 5.82 Å². The van der Waals surface area contributed by atoms with Gasteiger partial charge in [-0.2, -0.15) is 0 Å². The fourth-order valence-electron chi connectivity index (χ4n) is 2.75. The number of amides is 1. The number of para-hydroxylation sites is 1. The van der Waals surface area contributed by atoms with Crippen molar-refractivity contribution in [3.05, 3.63) is 30.1 Å². The maximum atomic E-state index is 13.5. The van der Waals surface area contributed by atoms with Crippen LogP contribution >= 0.6 is 0 Å². The van der Waals surface area contributed by atoms with Gasteiger partial charge >= 0.3 is 0 Å². The Kier molecular flexibility index (Phi) is 4.40. The zero-order valence-corrected chi connectivity index (χ0v) is 11.9. The Labute approximate surface area is 118 Å². The Morgan fingerprint density at radius 3 is 2.85 bits per heavy atom. The lowest BCUT2D eigenvalue weighted by atomic mass is 9.97. The number of carbonyl (C=O) groups excluding carboxylic acids is 1. The summed E-state index contributed by atoms with van der Waals surface area (Å²) in [4.78, 5) is 13.9. The lowest BCUT2D eigenvalue weighted by Gasteiger charge is -2.33. The number of halogens is 1. The fraction of sp³-hybridized carbons (Fsp3) is 0.533. The van der Waals surface area contributed by atoms with E-state index in [2.05, 4.69) is 5.32 Å². The molecule has 1 atom stereocenters. The van der Waals surface area contributed by atoms with Crippen LogP contribution in [0.2, 0.25) is 0 Å². The Morgan fingerprint density at radius 2 is 2.20 bits per heavy atom. The predicted octanol–water partition coefficient (Wildman–Crippen LogP) is 2.00. The van der Waals surface area contributed by atoms with Crippen molar-refractivity contribution in [2.24, 2.45) is 0 Å². The zero-order valence-electron chi connectivity index (χ0n) is 11.9. The van der Waals surface area contributed by atoms with Crippen molar-refractivity contribution >= 4 is 11.6 Å². The van der Waals surface area contributed by atoms with Crippen molar-refractivity contribution in [2.45, 2.75) is 38.3 Å². The van der Waals surface area contributed by atoms with Crippen LogP contribution in [0.3, 0.4) is 0 Å². The van der Waals surface area contributed by atoms with Crippen LogP contribution in [0.15, 0.2) is 24.3 Å². The SMILES string of the molecule is CC(C)(O)[C@H]1CCCN1CC(=O)Nc1ccccc1F. The minimum absolute atomic E-state index is 0.0335. The molecule has 0 radical (unpaired) electrons.